The minimum Gasteiger partial charge on any atom is -0.392 e. The molecule has 4 rings (SSSR count). The molecule has 2 atom stereocenters. The van der Waals surface area contributed by atoms with Crippen LogP contribution in [0.25, 0.3) is 0 Å². The third-order valence-corrected chi connectivity index (χ3v) is 6.00. The van der Waals surface area contributed by atoms with Gasteiger partial charge in [0.1, 0.15) is 0 Å². The molecule has 0 bridgehead atoms. The van der Waals surface area contributed by atoms with E-state index in [1.54, 1.807) is 0 Å². The van der Waals surface area contributed by atoms with Gasteiger partial charge in [-0.3, -0.25) is 5.32 Å². The average Bonchev–Trinajstić information content (AvgIpc) is 2.98. The monoisotopic (exact) mass is 371 g/mol. The van der Waals surface area contributed by atoms with Crippen molar-refractivity contribution in [1.82, 2.24) is 5.32 Å². The fourth-order valence-corrected chi connectivity index (χ4v) is 4.55. The van der Waals surface area contributed by atoms with E-state index in [9.17, 15) is 5.11 Å². The molecule has 1 aliphatic carbocycles. The highest BCUT2D eigenvalue weighted by Crippen LogP contribution is 2.38. The van der Waals surface area contributed by atoms with Gasteiger partial charge >= 0.3 is 0 Å². The van der Waals surface area contributed by atoms with Crippen molar-refractivity contribution in [3.63, 3.8) is 0 Å². The molecule has 2 unspecified atom stereocenters. The maximum Gasteiger partial charge on any atom is 0.0950 e. The summed E-state index contributed by atoms with van der Waals surface area (Å²) < 4.78 is 0. The Balaban J connectivity index is 1.90. The Bertz CT molecular complexity index is 751. The molecule has 0 heterocycles. The van der Waals surface area contributed by atoms with Crippen molar-refractivity contribution in [3.05, 3.63) is 108 Å². The summed E-state index contributed by atoms with van der Waals surface area (Å²) in [5.41, 5.74) is 3.09. The van der Waals surface area contributed by atoms with Crippen LogP contribution >= 0.6 is 0 Å². The summed E-state index contributed by atoms with van der Waals surface area (Å²) in [5, 5.41) is 14.8. The van der Waals surface area contributed by atoms with Crippen LogP contribution < -0.4 is 5.32 Å². The van der Waals surface area contributed by atoms with E-state index in [0.717, 1.165) is 25.7 Å². The summed E-state index contributed by atoms with van der Waals surface area (Å²) in [7, 11) is 0. The van der Waals surface area contributed by atoms with Crippen LogP contribution in [0.5, 0.6) is 0 Å². The summed E-state index contributed by atoms with van der Waals surface area (Å²) in [6.45, 7) is 0. The zero-order valence-electron chi connectivity index (χ0n) is 16.3. The standard InChI is InChI=1S/C26H29NO/c28-25-20-12-4-11-19-24(25)27-26(21-13-5-1-6-14-21,22-15-7-2-8-16-22)23-17-9-3-10-18-23/h1-3,5-10,13-18,24-25,27-28H,4,11-12,19-20H2. The summed E-state index contributed by atoms with van der Waals surface area (Å²) in [6, 6.07) is 32.0. The smallest absolute Gasteiger partial charge is 0.0950 e. The molecule has 2 heteroatoms. The molecule has 1 saturated carbocycles. The molecule has 2 N–H and O–H groups in total. The summed E-state index contributed by atoms with van der Waals surface area (Å²) in [6.07, 6.45) is 5.00. The Kier molecular flexibility index (Phi) is 5.90. The number of hydrogen-bond acceptors (Lipinski definition) is 2. The lowest BCUT2D eigenvalue weighted by Gasteiger charge is -2.41. The highest BCUT2D eigenvalue weighted by atomic mass is 16.3. The normalized spacial score (nSPS) is 20.5. The van der Waals surface area contributed by atoms with Gasteiger partial charge in [0, 0.05) is 6.04 Å². The Hall–Kier alpha value is -2.42. The van der Waals surface area contributed by atoms with Gasteiger partial charge in [-0.15, -0.1) is 0 Å². The minimum absolute atomic E-state index is 0.0584. The fraction of sp³-hybridized carbons (Fsp3) is 0.308. The highest BCUT2D eigenvalue weighted by molar-refractivity contribution is 5.49. The predicted molar refractivity (Wildman–Crippen MR) is 115 cm³/mol. The first-order chi connectivity index (χ1) is 13.8. The van der Waals surface area contributed by atoms with Crippen LogP contribution in [0.4, 0.5) is 0 Å². The highest BCUT2D eigenvalue weighted by Gasteiger charge is 2.39. The molecule has 0 spiro atoms. The Morgan fingerprint density at radius 3 is 1.50 bits per heavy atom. The van der Waals surface area contributed by atoms with E-state index in [0.29, 0.717) is 0 Å². The lowest BCUT2D eigenvalue weighted by Crippen LogP contribution is -2.53. The van der Waals surface area contributed by atoms with E-state index in [1.807, 2.05) is 0 Å². The molecule has 0 aliphatic heterocycles. The molecule has 0 amide bonds. The van der Waals surface area contributed by atoms with E-state index >= 15 is 0 Å². The van der Waals surface area contributed by atoms with Gasteiger partial charge in [0.05, 0.1) is 11.6 Å². The van der Waals surface area contributed by atoms with Crippen molar-refractivity contribution in [2.45, 2.75) is 49.8 Å². The number of rotatable bonds is 5. The maximum atomic E-state index is 10.9. The fourth-order valence-electron chi connectivity index (χ4n) is 4.55. The molecule has 2 nitrogen and oxygen atoms in total. The largest absolute Gasteiger partial charge is 0.392 e. The first-order valence-electron chi connectivity index (χ1n) is 10.4. The van der Waals surface area contributed by atoms with Crippen LogP contribution in [-0.2, 0) is 5.54 Å². The van der Waals surface area contributed by atoms with Crippen LogP contribution in [-0.4, -0.2) is 17.3 Å². The molecule has 1 fully saturated rings. The van der Waals surface area contributed by atoms with Gasteiger partial charge in [-0.1, -0.05) is 110 Å². The molecule has 3 aromatic carbocycles. The minimum atomic E-state index is -0.500. The van der Waals surface area contributed by atoms with E-state index in [1.165, 1.54) is 23.1 Å². The van der Waals surface area contributed by atoms with E-state index in [2.05, 4.69) is 96.3 Å². The van der Waals surface area contributed by atoms with Crippen molar-refractivity contribution in [2.24, 2.45) is 0 Å². The Labute approximate surface area is 168 Å². The molecule has 0 radical (unpaired) electrons. The summed E-state index contributed by atoms with van der Waals surface area (Å²) >= 11 is 0. The second kappa shape index (κ2) is 8.72. The van der Waals surface area contributed by atoms with E-state index in [4.69, 9.17) is 0 Å². The lowest BCUT2D eigenvalue weighted by atomic mass is 9.76. The molecular formula is C26H29NO. The van der Waals surface area contributed by atoms with E-state index < -0.39 is 5.54 Å². The van der Waals surface area contributed by atoms with Gasteiger partial charge in [0.2, 0.25) is 0 Å². The molecule has 1 aliphatic rings. The topological polar surface area (TPSA) is 32.3 Å². The number of hydrogen-bond donors (Lipinski definition) is 2. The molecule has 144 valence electrons. The Morgan fingerprint density at radius 2 is 1.04 bits per heavy atom. The van der Waals surface area contributed by atoms with Gasteiger partial charge in [-0.2, -0.15) is 0 Å². The zero-order valence-corrected chi connectivity index (χ0v) is 16.3. The van der Waals surface area contributed by atoms with Gasteiger partial charge in [0.15, 0.2) is 0 Å². The van der Waals surface area contributed by atoms with Crippen LogP contribution in [0, 0.1) is 0 Å². The van der Waals surface area contributed by atoms with Crippen LogP contribution in [0.1, 0.15) is 48.8 Å². The van der Waals surface area contributed by atoms with Gasteiger partial charge in [-0.05, 0) is 29.5 Å². The number of benzene rings is 3. The second-order valence-electron chi connectivity index (χ2n) is 7.80. The first kappa shape index (κ1) is 18.9. The quantitative estimate of drug-likeness (QED) is 0.473. The second-order valence-corrected chi connectivity index (χ2v) is 7.80. The molecule has 3 aromatic rings. The first-order valence-corrected chi connectivity index (χ1v) is 10.4. The van der Waals surface area contributed by atoms with Crippen molar-refractivity contribution < 1.29 is 5.11 Å². The van der Waals surface area contributed by atoms with Crippen molar-refractivity contribution in [2.75, 3.05) is 0 Å². The van der Waals surface area contributed by atoms with Crippen molar-refractivity contribution >= 4 is 0 Å². The van der Waals surface area contributed by atoms with Crippen molar-refractivity contribution in [3.8, 4) is 0 Å². The van der Waals surface area contributed by atoms with Gasteiger partial charge in [-0.25, -0.2) is 0 Å². The summed E-state index contributed by atoms with van der Waals surface area (Å²) in [4.78, 5) is 0. The predicted octanol–water partition coefficient (Wildman–Crippen LogP) is 5.26. The molecule has 0 saturated heterocycles. The van der Waals surface area contributed by atoms with Crippen LogP contribution in [0.2, 0.25) is 0 Å². The van der Waals surface area contributed by atoms with Crippen LogP contribution in [0.3, 0.4) is 0 Å². The van der Waals surface area contributed by atoms with Gasteiger partial charge in [0.25, 0.3) is 0 Å². The number of aliphatic hydroxyl groups is 1. The lowest BCUT2D eigenvalue weighted by molar-refractivity contribution is 0.109. The zero-order chi connectivity index (χ0) is 19.2. The van der Waals surface area contributed by atoms with Crippen LogP contribution in [0.15, 0.2) is 91.0 Å². The Morgan fingerprint density at radius 1 is 0.607 bits per heavy atom. The third-order valence-electron chi connectivity index (χ3n) is 6.00. The molecule has 0 aromatic heterocycles. The molecular weight excluding hydrogens is 342 g/mol. The van der Waals surface area contributed by atoms with Crippen molar-refractivity contribution in [1.29, 1.82) is 0 Å². The molecule has 28 heavy (non-hydrogen) atoms. The summed E-state index contributed by atoms with van der Waals surface area (Å²) in [5.74, 6) is 0. The average molecular weight is 372 g/mol. The number of nitrogens with one attached hydrogen (secondary N) is 1. The SMILES string of the molecule is OC1CCCCCC1NC(c1ccccc1)(c1ccccc1)c1ccccc1. The number of aliphatic hydroxyl groups excluding tert-OH is 1. The third kappa shape index (κ3) is 3.76. The van der Waals surface area contributed by atoms with E-state index in [-0.39, 0.29) is 12.1 Å². The van der Waals surface area contributed by atoms with Gasteiger partial charge < -0.3 is 5.11 Å². The maximum absolute atomic E-state index is 10.9.